The molecule has 1 nitrogen and oxygen atoms in total. The number of halogens is 1. The average Bonchev–Trinajstić information content (AvgIpc) is 2.22. The molecule has 0 aliphatic carbocycles. The molecule has 0 bridgehead atoms. The number of benzene rings is 1. The van der Waals surface area contributed by atoms with Gasteiger partial charge in [-0.2, -0.15) is 0 Å². The zero-order valence-corrected chi connectivity index (χ0v) is 8.50. The van der Waals surface area contributed by atoms with Gasteiger partial charge in [0.15, 0.2) is 0 Å². The molecule has 0 heterocycles. The van der Waals surface area contributed by atoms with Crippen molar-refractivity contribution in [2.24, 2.45) is 0 Å². The van der Waals surface area contributed by atoms with Crippen molar-refractivity contribution in [1.82, 2.24) is 0 Å². The van der Waals surface area contributed by atoms with Gasteiger partial charge in [0.25, 0.3) is 0 Å². The van der Waals surface area contributed by atoms with E-state index in [0.29, 0.717) is 0 Å². The number of ether oxygens (including phenoxy) is 1. The first-order chi connectivity index (χ1) is 6.76. The van der Waals surface area contributed by atoms with Gasteiger partial charge in [-0.1, -0.05) is 19.1 Å². The van der Waals surface area contributed by atoms with Crippen molar-refractivity contribution < 1.29 is 9.13 Å². The summed E-state index contributed by atoms with van der Waals surface area (Å²) in [4.78, 5) is 0. The molecule has 0 saturated heterocycles. The smallest absolute Gasteiger partial charge is 0.123 e. The van der Waals surface area contributed by atoms with Crippen molar-refractivity contribution in [1.29, 1.82) is 0 Å². The predicted molar refractivity (Wildman–Crippen MR) is 55.5 cm³/mol. The van der Waals surface area contributed by atoms with Gasteiger partial charge in [0.05, 0.1) is 6.10 Å². The van der Waals surface area contributed by atoms with Crippen LogP contribution in [0.5, 0.6) is 0 Å². The lowest BCUT2D eigenvalue weighted by atomic mass is 10.1. The number of hydrogen-bond donors (Lipinski definition) is 0. The summed E-state index contributed by atoms with van der Waals surface area (Å²) in [5, 5.41) is 0. The summed E-state index contributed by atoms with van der Waals surface area (Å²) in [6.07, 6.45) is 2.83. The minimum Gasteiger partial charge on any atom is -0.381 e. The maximum Gasteiger partial charge on any atom is 0.123 e. The van der Waals surface area contributed by atoms with Crippen LogP contribution in [0.25, 0.3) is 0 Å². The Hall–Kier alpha value is -0.890. The average molecular weight is 195 g/mol. The van der Waals surface area contributed by atoms with Gasteiger partial charge in [0.2, 0.25) is 0 Å². The van der Waals surface area contributed by atoms with Crippen LogP contribution in [0.15, 0.2) is 24.3 Å². The van der Waals surface area contributed by atoms with Crippen LogP contribution in [0.3, 0.4) is 0 Å². The Bertz CT molecular complexity index is 252. The van der Waals surface area contributed by atoms with Gasteiger partial charge in [-0.25, -0.2) is 4.39 Å². The third-order valence-electron chi connectivity index (χ3n) is 2.32. The second-order valence-electron chi connectivity index (χ2n) is 3.31. The lowest BCUT2D eigenvalue weighted by Crippen LogP contribution is -2.09. The van der Waals surface area contributed by atoms with Crippen LogP contribution in [0.1, 0.15) is 18.4 Å². The maximum atomic E-state index is 12.6. The molecule has 1 rings (SSSR count). The number of methoxy groups -OCH3 is 1. The van der Waals surface area contributed by atoms with E-state index in [1.165, 1.54) is 12.1 Å². The van der Waals surface area contributed by atoms with E-state index in [4.69, 9.17) is 4.74 Å². The molecular weight excluding hydrogens is 179 g/mol. The van der Waals surface area contributed by atoms with Crippen LogP contribution in [0, 0.1) is 12.7 Å². The largest absolute Gasteiger partial charge is 0.381 e. The van der Waals surface area contributed by atoms with Crippen molar-refractivity contribution >= 4 is 0 Å². The third kappa shape index (κ3) is 3.46. The highest BCUT2D eigenvalue weighted by atomic mass is 19.1. The van der Waals surface area contributed by atoms with Crippen LogP contribution in [0.4, 0.5) is 4.39 Å². The van der Waals surface area contributed by atoms with Crippen molar-refractivity contribution in [3.05, 3.63) is 42.6 Å². The van der Waals surface area contributed by atoms with E-state index < -0.39 is 0 Å². The Balaban J connectivity index is 2.41. The zero-order chi connectivity index (χ0) is 10.4. The normalized spacial score (nSPS) is 12.8. The van der Waals surface area contributed by atoms with Crippen LogP contribution in [0.2, 0.25) is 0 Å². The first-order valence-corrected chi connectivity index (χ1v) is 4.82. The summed E-state index contributed by atoms with van der Waals surface area (Å²) in [5.41, 5.74) is 1.14. The molecule has 1 unspecified atom stereocenters. The molecule has 0 aliphatic rings. The molecule has 14 heavy (non-hydrogen) atoms. The van der Waals surface area contributed by atoms with Gasteiger partial charge in [-0.15, -0.1) is 0 Å². The minimum atomic E-state index is -0.186. The van der Waals surface area contributed by atoms with Gasteiger partial charge in [-0.3, -0.25) is 0 Å². The highest BCUT2D eigenvalue weighted by Crippen LogP contribution is 2.10. The molecule has 0 fully saturated rings. The van der Waals surface area contributed by atoms with Crippen molar-refractivity contribution in [3.63, 3.8) is 0 Å². The lowest BCUT2D eigenvalue weighted by Gasteiger charge is -2.12. The number of hydrogen-bond acceptors (Lipinski definition) is 1. The first-order valence-electron chi connectivity index (χ1n) is 4.82. The van der Waals surface area contributed by atoms with Crippen LogP contribution in [-0.2, 0) is 11.2 Å². The molecule has 0 N–H and O–H groups in total. The monoisotopic (exact) mass is 195 g/mol. The van der Waals surface area contributed by atoms with Gasteiger partial charge < -0.3 is 4.74 Å². The molecular formula is C12H16FO. The van der Waals surface area contributed by atoms with E-state index in [9.17, 15) is 4.39 Å². The molecule has 0 aromatic heterocycles. The molecule has 1 aromatic carbocycles. The van der Waals surface area contributed by atoms with Gasteiger partial charge in [0.1, 0.15) is 5.82 Å². The molecule has 77 valence electrons. The Morgan fingerprint density at radius 1 is 1.36 bits per heavy atom. The second kappa shape index (κ2) is 5.76. The first kappa shape index (κ1) is 11.2. The summed E-state index contributed by atoms with van der Waals surface area (Å²) in [6.45, 7) is 3.80. The molecule has 1 atom stereocenters. The molecule has 2 heteroatoms. The van der Waals surface area contributed by atoms with Gasteiger partial charge in [0, 0.05) is 7.11 Å². The van der Waals surface area contributed by atoms with E-state index >= 15 is 0 Å². The fourth-order valence-corrected chi connectivity index (χ4v) is 1.36. The third-order valence-corrected chi connectivity index (χ3v) is 2.32. The SMILES string of the molecule is [CH2]CC(CCc1ccc(F)cc1)OC. The summed E-state index contributed by atoms with van der Waals surface area (Å²) in [6, 6.07) is 6.60. The minimum absolute atomic E-state index is 0.186. The molecule has 0 amide bonds. The van der Waals surface area contributed by atoms with Crippen molar-refractivity contribution in [2.45, 2.75) is 25.4 Å². The summed E-state index contributed by atoms with van der Waals surface area (Å²) in [7, 11) is 1.69. The quantitative estimate of drug-likeness (QED) is 0.701. The summed E-state index contributed by atoms with van der Waals surface area (Å²) < 4.78 is 17.8. The molecule has 1 aromatic rings. The van der Waals surface area contributed by atoms with E-state index in [-0.39, 0.29) is 11.9 Å². The van der Waals surface area contributed by atoms with Gasteiger partial charge in [-0.05, 0) is 37.0 Å². The molecule has 0 aliphatic heterocycles. The zero-order valence-electron chi connectivity index (χ0n) is 8.50. The van der Waals surface area contributed by atoms with Gasteiger partial charge >= 0.3 is 0 Å². The van der Waals surface area contributed by atoms with Crippen molar-refractivity contribution in [3.8, 4) is 0 Å². The number of aryl methyl sites for hydroxylation is 1. The van der Waals surface area contributed by atoms with Crippen LogP contribution >= 0.6 is 0 Å². The maximum absolute atomic E-state index is 12.6. The van der Waals surface area contributed by atoms with Crippen LogP contribution < -0.4 is 0 Å². The number of rotatable bonds is 5. The highest BCUT2D eigenvalue weighted by molar-refractivity contribution is 5.16. The Morgan fingerprint density at radius 2 is 2.00 bits per heavy atom. The fraction of sp³-hybridized carbons (Fsp3) is 0.417. The Kier molecular flexibility index (Phi) is 4.60. The van der Waals surface area contributed by atoms with E-state index in [1.54, 1.807) is 7.11 Å². The lowest BCUT2D eigenvalue weighted by molar-refractivity contribution is 0.0975. The fourth-order valence-electron chi connectivity index (χ4n) is 1.36. The summed E-state index contributed by atoms with van der Waals surface area (Å²) in [5.74, 6) is -0.186. The van der Waals surface area contributed by atoms with Crippen LogP contribution in [-0.4, -0.2) is 13.2 Å². The Morgan fingerprint density at radius 3 is 2.50 bits per heavy atom. The molecule has 1 radical (unpaired) electrons. The Labute approximate surface area is 84.9 Å². The molecule has 0 spiro atoms. The van der Waals surface area contributed by atoms with Crippen molar-refractivity contribution in [2.75, 3.05) is 7.11 Å². The van der Waals surface area contributed by atoms with E-state index in [2.05, 4.69) is 6.92 Å². The second-order valence-corrected chi connectivity index (χ2v) is 3.31. The predicted octanol–water partition coefficient (Wildman–Crippen LogP) is 3.00. The molecule has 0 saturated carbocycles. The summed E-state index contributed by atoms with van der Waals surface area (Å²) >= 11 is 0. The van der Waals surface area contributed by atoms with E-state index in [0.717, 1.165) is 24.8 Å². The highest BCUT2D eigenvalue weighted by Gasteiger charge is 2.04. The van der Waals surface area contributed by atoms with E-state index in [1.807, 2.05) is 12.1 Å². The topological polar surface area (TPSA) is 9.23 Å². The standard InChI is InChI=1S/C12H16FO/c1-3-12(14-2)9-6-10-4-7-11(13)8-5-10/h4-5,7-8,12H,1,3,6,9H2,2H3.